The molecule has 0 bridgehead atoms. The minimum atomic E-state index is -1.48. The fourth-order valence-corrected chi connectivity index (χ4v) is 12.7. The fourth-order valence-electron chi connectivity index (χ4n) is 10.4. The van der Waals surface area contributed by atoms with Gasteiger partial charge >= 0.3 is 0 Å². The normalized spacial score (nSPS) is 12.2. The predicted octanol–water partition coefficient (Wildman–Crippen LogP) is 13.6. The number of anilines is 3. The highest BCUT2D eigenvalue weighted by Gasteiger charge is 2.30. The van der Waals surface area contributed by atoms with Gasteiger partial charge in [0.05, 0.1) is 24.1 Å². The molecule has 0 N–H and O–H groups in total. The summed E-state index contributed by atoms with van der Waals surface area (Å²) < 4.78 is 2.61. The van der Waals surface area contributed by atoms with Gasteiger partial charge in [0.2, 0.25) is 6.71 Å². The van der Waals surface area contributed by atoms with Crippen LogP contribution in [0, 0.1) is 20.8 Å². The van der Waals surface area contributed by atoms with Gasteiger partial charge in [-0.25, -0.2) is 0 Å². The molecule has 0 fully saturated rings. The second kappa shape index (κ2) is 13.9. The van der Waals surface area contributed by atoms with E-state index in [9.17, 15) is 0 Å². The van der Waals surface area contributed by atoms with Crippen LogP contribution in [0.1, 0.15) is 16.7 Å². The molecule has 0 aliphatic heterocycles. The number of hydrogen-bond acceptors (Lipinski definition) is 2. The van der Waals surface area contributed by atoms with Crippen LogP contribution in [0.5, 0.6) is 0 Å². The summed E-state index contributed by atoms with van der Waals surface area (Å²) in [5.74, 6) is 0. The molecule has 0 aliphatic carbocycles. The molecule has 4 heteroatoms. The van der Waals surface area contributed by atoms with Gasteiger partial charge in [-0.3, -0.25) is 0 Å². The maximum absolute atomic E-state index is 2.53. The number of para-hydroxylation sites is 1. The Morgan fingerprint density at radius 1 is 0.483 bits per heavy atom. The summed E-state index contributed by atoms with van der Waals surface area (Å²) in [7, 11) is -1.48. The lowest BCUT2D eigenvalue weighted by molar-refractivity contribution is 1.32. The highest BCUT2D eigenvalue weighted by molar-refractivity contribution is 7.26. The van der Waals surface area contributed by atoms with E-state index in [1.165, 1.54) is 113 Å². The summed E-state index contributed by atoms with van der Waals surface area (Å²) >= 11 is 1.89. The van der Waals surface area contributed by atoms with Gasteiger partial charge in [-0.05, 0) is 83.4 Å². The lowest BCUT2D eigenvalue weighted by atomic mass is 9.35. The first-order valence-corrected chi connectivity index (χ1v) is 25.5. The summed E-state index contributed by atoms with van der Waals surface area (Å²) in [6.45, 7) is 14.2. The van der Waals surface area contributed by atoms with Gasteiger partial charge in [0.15, 0.2) is 0 Å². The van der Waals surface area contributed by atoms with E-state index in [0.717, 1.165) is 5.69 Å². The van der Waals surface area contributed by atoms with Gasteiger partial charge in [0.1, 0.15) is 0 Å². The van der Waals surface area contributed by atoms with Crippen LogP contribution < -0.4 is 26.5 Å². The van der Waals surface area contributed by atoms with Crippen LogP contribution in [-0.2, 0) is 0 Å². The van der Waals surface area contributed by atoms with Crippen LogP contribution in [0.4, 0.5) is 17.1 Å². The number of hydrogen-bond donors (Lipinski definition) is 0. The Morgan fingerprint density at radius 2 is 1.12 bits per heavy atom. The summed E-state index contributed by atoms with van der Waals surface area (Å²) in [5.41, 5.74) is 11.7. The molecule has 60 heavy (non-hydrogen) atoms. The predicted molar refractivity (Wildman–Crippen MR) is 270 cm³/mol. The molecular weight excluding hydrogens is 758 g/mol. The van der Waals surface area contributed by atoms with Crippen molar-refractivity contribution in [2.45, 2.75) is 40.4 Å². The molecule has 1 heterocycles. The molecule has 0 saturated heterocycles. The van der Waals surface area contributed by atoms with E-state index < -0.39 is 8.07 Å². The van der Waals surface area contributed by atoms with Crippen LogP contribution >= 0.6 is 11.3 Å². The van der Waals surface area contributed by atoms with E-state index in [0.29, 0.717) is 0 Å². The quantitative estimate of drug-likeness (QED) is 0.0881. The average Bonchev–Trinajstić information content (AvgIpc) is 3.64. The molecule has 0 aliphatic rings. The third-order valence-electron chi connectivity index (χ3n) is 13.0. The molecule has 0 spiro atoms. The maximum Gasteiger partial charge on any atom is 0.242 e. The molecule has 0 saturated carbocycles. The van der Waals surface area contributed by atoms with E-state index in [-0.39, 0.29) is 6.71 Å². The number of fused-ring (bicyclic) bond motifs is 6. The SMILES string of the molecule is Cc1cc(C)c(B(c2ccc([Si](C)(C)C)cc2)c2ccc3c4ccccc4c4c(N(c5ccccc5)c5cccc6c5sc5ccccc56)ccc5ccc2c3c54)c(C)c1. The Bertz CT molecular complexity index is 3430. The number of nitrogens with zero attached hydrogens (tertiary/aromatic N) is 1. The van der Waals surface area contributed by atoms with E-state index in [1.807, 2.05) is 11.3 Å². The van der Waals surface area contributed by atoms with Crippen LogP contribution in [-0.4, -0.2) is 14.8 Å². The molecule has 10 aromatic carbocycles. The first kappa shape index (κ1) is 36.8. The van der Waals surface area contributed by atoms with E-state index in [2.05, 4.69) is 215 Å². The number of aryl methyl sites for hydroxylation is 3. The molecule has 288 valence electrons. The van der Waals surface area contributed by atoms with Crippen molar-refractivity contribution in [3.8, 4) is 0 Å². The average molecular weight is 804 g/mol. The number of benzene rings is 10. The maximum atomic E-state index is 2.53. The number of rotatable bonds is 7. The standard InChI is InChI=1S/C56H46BNSSi/c1-35-33-36(2)55(37(3)34-35)57(39-25-27-41(28-26-39)60(4,5)6)48-31-30-45-42-17-10-11-19-44(42)54-49(32-24-38-23-29-47(48)53(45)52(38)54)58(40-15-8-7-9-16-40)50-21-14-20-46-43-18-12-13-22-51(43)59-56(46)50/h7-34H,1-6H3. The molecular formula is C56H46BNSSi. The summed E-state index contributed by atoms with van der Waals surface area (Å²) in [6.07, 6.45) is 0. The second-order valence-corrected chi connectivity index (χ2v) is 24.0. The topological polar surface area (TPSA) is 3.24 Å². The van der Waals surface area contributed by atoms with Crippen molar-refractivity contribution < 1.29 is 0 Å². The fraction of sp³-hybridized carbons (Fsp3) is 0.107. The summed E-state index contributed by atoms with van der Waals surface area (Å²) in [5, 5.41) is 14.5. The first-order chi connectivity index (χ1) is 29.2. The van der Waals surface area contributed by atoms with Gasteiger partial charge in [-0.1, -0.05) is 197 Å². The zero-order valence-electron chi connectivity index (χ0n) is 35.1. The lowest BCUT2D eigenvalue weighted by Gasteiger charge is -2.29. The minimum Gasteiger partial charge on any atom is -0.308 e. The highest BCUT2D eigenvalue weighted by atomic mass is 32.1. The van der Waals surface area contributed by atoms with Crippen LogP contribution in [0.3, 0.4) is 0 Å². The summed E-state index contributed by atoms with van der Waals surface area (Å²) in [4.78, 5) is 2.53. The van der Waals surface area contributed by atoms with Crippen molar-refractivity contribution in [3.05, 3.63) is 187 Å². The third kappa shape index (κ3) is 5.73. The van der Waals surface area contributed by atoms with Gasteiger partial charge in [-0.2, -0.15) is 0 Å². The zero-order valence-corrected chi connectivity index (χ0v) is 36.9. The number of thiophene rings is 1. The van der Waals surface area contributed by atoms with Gasteiger partial charge in [-0.15, -0.1) is 11.3 Å². The Labute approximate surface area is 358 Å². The van der Waals surface area contributed by atoms with Gasteiger partial charge < -0.3 is 4.90 Å². The largest absolute Gasteiger partial charge is 0.308 e. The van der Waals surface area contributed by atoms with Gasteiger partial charge in [0, 0.05) is 31.9 Å². The molecule has 1 aromatic heterocycles. The lowest BCUT2D eigenvalue weighted by Crippen LogP contribution is -2.54. The highest BCUT2D eigenvalue weighted by Crippen LogP contribution is 2.50. The molecule has 11 rings (SSSR count). The minimum absolute atomic E-state index is 0.0722. The molecule has 0 unspecified atom stereocenters. The monoisotopic (exact) mass is 803 g/mol. The van der Waals surface area contributed by atoms with E-state index >= 15 is 0 Å². The van der Waals surface area contributed by atoms with Crippen molar-refractivity contribution >= 4 is 128 Å². The first-order valence-electron chi connectivity index (χ1n) is 21.2. The molecule has 0 atom stereocenters. The zero-order chi connectivity index (χ0) is 40.9. The molecule has 11 aromatic rings. The Hall–Kier alpha value is -6.20. The van der Waals surface area contributed by atoms with Crippen molar-refractivity contribution in [1.29, 1.82) is 0 Å². The second-order valence-electron chi connectivity index (χ2n) is 17.8. The van der Waals surface area contributed by atoms with E-state index in [4.69, 9.17) is 0 Å². The van der Waals surface area contributed by atoms with Crippen molar-refractivity contribution in [2.24, 2.45) is 0 Å². The van der Waals surface area contributed by atoms with Crippen LogP contribution in [0.2, 0.25) is 19.6 Å². The smallest absolute Gasteiger partial charge is 0.242 e. The molecule has 0 amide bonds. The van der Waals surface area contributed by atoms with E-state index in [1.54, 1.807) is 0 Å². The van der Waals surface area contributed by atoms with Crippen molar-refractivity contribution in [3.63, 3.8) is 0 Å². The van der Waals surface area contributed by atoms with Crippen LogP contribution in [0.15, 0.2) is 170 Å². The Kier molecular flexibility index (Phi) is 8.56. The van der Waals surface area contributed by atoms with Crippen molar-refractivity contribution in [2.75, 3.05) is 4.90 Å². The molecule has 1 nitrogen and oxygen atoms in total. The third-order valence-corrected chi connectivity index (χ3v) is 16.3. The summed E-state index contributed by atoms with van der Waals surface area (Å²) in [6, 6.07) is 64.6. The Balaban J connectivity index is 1.25. The Morgan fingerprint density at radius 3 is 1.87 bits per heavy atom. The molecule has 0 radical (unpaired) electrons. The van der Waals surface area contributed by atoms with Crippen LogP contribution in [0.25, 0.3) is 63.3 Å². The van der Waals surface area contributed by atoms with Crippen molar-refractivity contribution in [1.82, 2.24) is 0 Å². The van der Waals surface area contributed by atoms with Gasteiger partial charge in [0.25, 0.3) is 0 Å².